The third kappa shape index (κ3) is 15.1. The average molecular weight is 1960 g/mol. The van der Waals surface area contributed by atoms with Gasteiger partial charge in [0.2, 0.25) is 0 Å². The molecule has 0 radical (unpaired) electrons. The fraction of sp³-hybridized carbons (Fsp3) is 0.268. The summed E-state index contributed by atoms with van der Waals surface area (Å²) >= 11 is 0. The van der Waals surface area contributed by atoms with E-state index in [9.17, 15) is 0 Å². The van der Waals surface area contributed by atoms with E-state index in [1.807, 2.05) is 0 Å². The second kappa shape index (κ2) is 37.6. The lowest BCUT2D eigenvalue weighted by Gasteiger charge is -2.32. The molecule has 0 N–H and O–H groups in total. The van der Waals surface area contributed by atoms with Crippen LogP contribution in [0.25, 0.3) is 152 Å². The van der Waals surface area contributed by atoms with Crippen LogP contribution in [0.3, 0.4) is 0 Å². The normalized spacial score (nSPS) is 15.0. The van der Waals surface area contributed by atoms with Gasteiger partial charge in [0.1, 0.15) is 22.3 Å². The molecule has 20 aromatic carbocycles. The van der Waals surface area contributed by atoms with Gasteiger partial charge in [0, 0.05) is 87.4 Å². The Morgan fingerprint density at radius 3 is 0.560 bits per heavy atom. The van der Waals surface area contributed by atoms with E-state index in [0.29, 0.717) is 23.7 Å². The van der Waals surface area contributed by atoms with E-state index in [0.717, 1.165) is 134 Å². The minimum Gasteiger partial charge on any atom is -0.454 e. The van der Waals surface area contributed by atoms with Crippen molar-refractivity contribution >= 4 is 221 Å². The molecule has 0 bridgehead atoms. The summed E-state index contributed by atoms with van der Waals surface area (Å²) < 4.78 is 29.3. The standard InChI is InChI=1S/C72H68N2O2.C70H64N2O2/c1-43(2)59-41-65(73(61-33-15-13-21-45(61)5)63-35-19-31-55-53-29-17-27-49(69(53)75-71(55)63)47-23-9-7-10-24-47)57-40-38-52-60(44(3)4)42-66(58-39-37-51(59)67(57)68(52)58)74(62-34-16-14-22-46(62)6)64-36-20-32-56-54-30-18-28-50(70(54)76-72(56)64)48-25-11-8-12-26-48;1-41(2)57-39-63(71(59-31-13-7-19-43(59)5)61-33-17-29-53-51-27-15-25-47(45-21-9-10-22-45)67(51)73-69(53)61)55-38-36-50-58(42(3)4)40-64(56-37-35-49(57)65(55)66(50)56)72(60-32-14-8-20-44(60)6)62-34-18-30-54-52-28-16-26-48(46-23-11-12-24-46)68(52)74-70(54)62/h13-22,27-44,47-48H,7-12,23-26H2,1-6H3;7-8,13-20,25-42,45-46H,9-12,21-24H2,1-6H3. The van der Waals surface area contributed by atoms with Crippen LogP contribution in [0.5, 0.6) is 0 Å². The first-order valence-corrected chi connectivity index (χ1v) is 56.2. The summed E-state index contributed by atoms with van der Waals surface area (Å²) in [6.45, 7) is 27.9. The molecule has 8 heteroatoms. The zero-order chi connectivity index (χ0) is 101. The fourth-order valence-corrected chi connectivity index (χ4v) is 28.1. The quantitative estimate of drug-likeness (QED) is 0.0700. The van der Waals surface area contributed by atoms with E-state index in [-0.39, 0.29) is 23.7 Å². The van der Waals surface area contributed by atoms with Crippen molar-refractivity contribution in [2.45, 2.75) is 246 Å². The highest BCUT2D eigenvalue weighted by molar-refractivity contribution is 6.33. The number of benzene rings is 20. The number of furan rings is 4. The van der Waals surface area contributed by atoms with Gasteiger partial charge in [0.25, 0.3) is 0 Å². The Morgan fingerprint density at radius 2 is 0.353 bits per heavy atom. The molecule has 0 amide bonds. The zero-order valence-electron chi connectivity index (χ0n) is 88.8. The van der Waals surface area contributed by atoms with Gasteiger partial charge in [-0.15, -0.1) is 0 Å². The van der Waals surface area contributed by atoms with E-state index in [1.165, 1.54) is 269 Å². The molecular weight excluding hydrogens is 1830 g/mol. The summed E-state index contributed by atoms with van der Waals surface area (Å²) in [5, 5.41) is 24.8. The summed E-state index contributed by atoms with van der Waals surface area (Å²) in [6, 6.07) is 120. The maximum absolute atomic E-state index is 7.34. The molecule has 4 heterocycles. The maximum atomic E-state index is 7.34. The average Bonchev–Trinajstić information content (AvgIpc) is 0.855. The molecule has 4 aliphatic carbocycles. The van der Waals surface area contributed by atoms with E-state index >= 15 is 0 Å². The number of nitrogens with zero attached hydrogens (tertiary/aromatic N) is 4. The number of hydrogen-bond acceptors (Lipinski definition) is 8. The topological polar surface area (TPSA) is 65.5 Å². The molecule has 0 aliphatic heterocycles. The van der Waals surface area contributed by atoms with Crippen molar-refractivity contribution in [3.8, 4) is 0 Å². The first kappa shape index (κ1) is 93.4. The summed E-state index contributed by atoms with van der Waals surface area (Å²) in [5.41, 5.74) is 37.0. The van der Waals surface area contributed by atoms with Crippen LogP contribution in [0.15, 0.2) is 333 Å². The van der Waals surface area contributed by atoms with Crippen molar-refractivity contribution in [2.75, 3.05) is 19.6 Å². The van der Waals surface area contributed by atoms with Crippen LogP contribution in [-0.2, 0) is 0 Å². The van der Waals surface area contributed by atoms with Gasteiger partial charge in [-0.25, -0.2) is 0 Å². The monoisotopic (exact) mass is 1960 g/mol. The van der Waals surface area contributed by atoms with Gasteiger partial charge in [0.05, 0.1) is 45.5 Å². The number of anilines is 12. The van der Waals surface area contributed by atoms with Gasteiger partial charge < -0.3 is 37.3 Å². The lowest BCUT2D eigenvalue weighted by Crippen LogP contribution is -2.14. The first-order valence-electron chi connectivity index (χ1n) is 56.2. The first-order chi connectivity index (χ1) is 73.5. The van der Waals surface area contributed by atoms with Crippen LogP contribution >= 0.6 is 0 Å². The third-order valence-corrected chi connectivity index (χ3v) is 35.5. The van der Waals surface area contributed by atoms with E-state index < -0.39 is 0 Å². The molecule has 4 aliphatic rings. The predicted octanol–water partition coefficient (Wildman–Crippen LogP) is 43.8. The van der Waals surface area contributed by atoms with Gasteiger partial charge >= 0.3 is 0 Å². The second-order valence-electron chi connectivity index (χ2n) is 45.7. The molecule has 4 aromatic heterocycles. The minimum atomic E-state index is 0.249. The SMILES string of the molecule is Cc1ccccc1N(c1cc(C(C)C)c2ccc3c(N(c4ccccc4C)c4cccc5c4oc4c(C6CCCC6)cccc45)cc(C(C)C)c4ccc1c2c43)c1cccc2c1oc1c(C3CCCC3)cccc12.Cc1ccccc1N(c1cc(C(C)C)c2ccc3c(N(c4ccccc4C)c4cccc5c4oc4c(C6CCCCC6)cccc45)cc(C(C)C)c4ccc1c2c43)c1cccc2c1oc1c(C3CCCCC3)cccc12. The Bertz CT molecular complexity index is 8890. The summed E-state index contributed by atoms with van der Waals surface area (Å²) in [4.78, 5) is 10.1. The van der Waals surface area contributed by atoms with Gasteiger partial charge in [-0.2, -0.15) is 0 Å². The molecule has 8 nitrogen and oxygen atoms in total. The highest BCUT2D eigenvalue weighted by Gasteiger charge is 2.37. The second-order valence-corrected chi connectivity index (χ2v) is 45.7. The van der Waals surface area contributed by atoms with Crippen LogP contribution in [0, 0.1) is 27.7 Å². The summed E-state index contributed by atoms with van der Waals surface area (Å²) in [5.74, 6) is 3.11. The Labute approximate surface area is 880 Å². The molecular formula is C142H132N4O4. The molecule has 0 atom stereocenters. The Kier molecular flexibility index (Phi) is 23.4. The summed E-state index contributed by atoms with van der Waals surface area (Å²) in [6.07, 6.45) is 22.7. The van der Waals surface area contributed by atoms with Crippen LogP contribution in [0.2, 0.25) is 0 Å². The van der Waals surface area contributed by atoms with Crippen LogP contribution < -0.4 is 19.6 Å². The van der Waals surface area contributed by atoms with Gasteiger partial charge in [-0.1, -0.05) is 362 Å². The van der Waals surface area contributed by atoms with Gasteiger partial charge in [-0.05, 0) is 309 Å². The van der Waals surface area contributed by atoms with Crippen LogP contribution in [0.1, 0.15) is 285 Å². The lowest BCUT2D eigenvalue weighted by atomic mass is 9.83. The molecule has 4 fully saturated rings. The Hall–Kier alpha value is -15.1. The molecule has 0 unspecified atom stereocenters. The van der Waals surface area contributed by atoms with Gasteiger partial charge in [0.15, 0.2) is 22.3 Å². The fourth-order valence-electron chi connectivity index (χ4n) is 28.1. The van der Waals surface area contributed by atoms with Crippen molar-refractivity contribution in [3.63, 3.8) is 0 Å². The number of fused-ring (bicyclic) bond motifs is 12. The van der Waals surface area contributed by atoms with Crippen molar-refractivity contribution < 1.29 is 17.7 Å². The predicted molar refractivity (Wildman–Crippen MR) is 638 cm³/mol. The molecule has 24 aromatic rings. The number of rotatable bonds is 20. The smallest absolute Gasteiger partial charge is 0.159 e. The molecule has 744 valence electrons. The number of para-hydroxylation sites is 12. The van der Waals surface area contributed by atoms with E-state index in [1.54, 1.807) is 0 Å². The molecule has 0 spiro atoms. The number of aryl methyl sites for hydroxylation is 4. The maximum Gasteiger partial charge on any atom is 0.159 e. The largest absolute Gasteiger partial charge is 0.454 e. The Morgan fingerprint density at radius 1 is 0.173 bits per heavy atom. The third-order valence-electron chi connectivity index (χ3n) is 35.5. The number of hydrogen-bond donors (Lipinski definition) is 0. The highest BCUT2D eigenvalue weighted by atomic mass is 16.3. The molecule has 150 heavy (non-hydrogen) atoms. The Balaban J connectivity index is 0.000000148. The molecule has 0 saturated heterocycles. The van der Waals surface area contributed by atoms with Crippen molar-refractivity contribution in [1.82, 2.24) is 0 Å². The van der Waals surface area contributed by atoms with Crippen molar-refractivity contribution in [3.05, 3.63) is 382 Å². The van der Waals surface area contributed by atoms with Gasteiger partial charge in [-0.3, -0.25) is 0 Å². The van der Waals surface area contributed by atoms with Crippen molar-refractivity contribution in [2.24, 2.45) is 0 Å². The van der Waals surface area contributed by atoms with Crippen molar-refractivity contribution in [1.29, 1.82) is 0 Å². The highest BCUT2D eigenvalue weighted by Crippen LogP contribution is 2.60. The lowest BCUT2D eigenvalue weighted by molar-refractivity contribution is 0.442. The summed E-state index contributed by atoms with van der Waals surface area (Å²) in [7, 11) is 0. The van der Waals surface area contributed by atoms with Crippen LogP contribution in [0.4, 0.5) is 68.2 Å². The minimum absolute atomic E-state index is 0.249. The zero-order valence-corrected chi connectivity index (χ0v) is 88.8. The van der Waals surface area contributed by atoms with E-state index in [2.05, 4.69) is 418 Å². The van der Waals surface area contributed by atoms with E-state index in [4.69, 9.17) is 17.7 Å². The molecule has 4 saturated carbocycles. The van der Waals surface area contributed by atoms with Crippen LogP contribution in [-0.4, -0.2) is 0 Å². The molecule has 28 rings (SSSR count).